The van der Waals surface area contributed by atoms with Gasteiger partial charge in [0.1, 0.15) is 11.5 Å². The van der Waals surface area contributed by atoms with Crippen molar-refractivity contribution in [2.24, 2.45) is 29.6 Å². The molecule has 2 heterocycles. The fourth-order valence-corrected chi connectivity index (χ4v) is 9.27. The first kappa shape index (κ1) is 39.7. The lowest BCUT2D eigenvalue weighted by molar-refractivity contribution is -0.392. The van der Waals surface area contributed by atoms with Crippen LogP contribution in [0.2, 0.25) is 0 Å². The Morgan fingerprint density at radius 3 is 1.51 bits per heavy atom. The van der Waals surface area contributed by atoms with Crippen molar-refractivity contribution in [3.05, 3.63) is 100 Å². The molecule has 7 rings (SSSR count). The highest BCUT2D eigenvalue weighted by atomic mass is 16.6. The maximum absolute atomic E-state index is 14.7. The minimum absolute atomic E-state index is 0.105. The Morgan fingerprint density at radius 1 is 0.644 bits per heavy atom. The molecule has 0 spiro atoms. The molecule has 0 aromatic heterocycles. The van der Waals surface area contributed by atoms with Crippen LogP contribution in [0, 0.1) is 70.0 Å². The number of phenolic OH excluding ortho intramolecular Hbond substituents is 1. The zero-order valence-corrected chi connectivity index (χ0v) is 31.8. The van der Waals surface area contributed by atoms with Crippen molar-refractivity contribution in [3.8, 4) is 11.5 Å². The Hall–Kier alpha value is -7.52. The van der Waals surface area contributed by atoms with Gasteiger partial charge < -0.3 is 19.6 Å². The Bertz CT molecular complexity index is 2410. The number of imide groups is 2. The molecule has 1 N–H and O–H groups in total. The number of nitro benzene ring substituents is 4. The molecule has 0 radical (unpaired) electrons. The molecule has 3 aromatic rings. The Balaban J connectivity index is 1.38. The second kappa shape index (κ2) is 14.1. The third-order valence-corrected chi connectivity index (χ3v) is 11.5. The van der Waals surface area contributed by atoms with Crippen LogP contribution < -0.4 is 24.3 Å². The summed E-state index contributed by atoms with van der Waals surface area (Å²) >= 11 is 0. The third-order valence-electron chi connectivity index (χ3n) is 11.5. The molecule has 4 amide bonds. The Kier molecular flexibility index (Phi) is 9.52. The standard InChI is InChI=1S/C37H34N8O14/c1-38(2)32-24(42(51)52)10-16(11-25(32)43(53)54)40-34(47)20-8-7-19-21(30(20)36(40)49)15-23-31(29(19)22-14-18(59-5)6-9-28(22)46)37(50)41(35(23)48)17-12-26(44(55)56)33(39(3)4)27(13-17)45(57)58/h6-7,9-14,20-21,23,29-31,46H,8,15H2,1-5H3. The van der Waals surface area contributed by atoms with Gasteiger partial charge in [0.2, 0.25) is 23.6 Å². The van der Waals surface area contributed by atoms with Crippen LogP contribution in [-0.4, -0.2) is 83.7 Å². The molecule has 3 aromatic carbocycles. The van der Waals surface area contributed by atoms with E-state index in [1.165, 1.54) is 53.5 Å². The van der Waals surface area contributed by atoms with E-state index < -0.39 is 113 Å². The molecule has 2 aliphatic heterocycles. The summed E-state index contributed by atoms with van der Waals surface area (Å²) in [6, 6.07) is 7.74. The number of fused-ring (bicyclic) bond motifs is 4. The van der Waals surface area contributed by atoms with Crippen LogP contribution in [0.3, 0.4) is 0 Å². The molecule has 2 aliphatic carbocycles. The number of anilines is 4. The lowest BCUT2D eigenvalue weighted by atomic mass is 9.57. The summed E-state index contributed by atoms with van der Waals surface area (Å²) in [6.07, 6.45) is 1.28. The van der Waals surface area contributed by atoms with E-state index in [2.05, 4.69) is 0 Å². The van der Waals surface area contributed by atoms with Gasteiger partial charge in [-0.25, -0.2) is 9.80 Å². The van der Waals surface area contributed by atoms with Crippen molar-refractivity contribution in [2.45, 2.75) is 18.8 Å². The molecular formula is C37H34N8O14. The quantitative estimate of drug-likeness (QED) is 0.130. The number of carbonyl (C=O) groups is 4. The second-order valence-corrected chi connectivity index (χ2v) is 15.0. The van der Waals surface area contributed by atoms with Gasteiger partial charge in [0.15, 0.2) is 11.4 Å². The summed E-state index contributed by atoms with van der Waals surface area (Å²) in [7, 11) is 6.76. The molecular weight excluding hydrogens is 780 g/mol. The van der Waals surface area contributed by atoms with Gasteiger partial charge >= 0.3 is 22.7 Å². The Morgan fingerprint density at radius 2 is 1.08 bits per heavy atom. The first-order chi connectivity index (χ1) is 27.8. The van der Waals surface area contributed by atoms with E-state index in [4.69, 9.17) is 4.74 Å². The number of phenols is 1. The van der Waals surface area contributed by atoms with Gasteiger partial charge in [-0.05, 0) is 37.0 Å². The Labute approximate surface area is 332 Å². The van der Waals surface area contributed by atoms with Crippen molar-refractivity contribution in [1.29, 1.82) is 0 Å². The van der Waals surface area contributed by atoms with Gasteiger partial charge in [0.25, 0.3) is 0 Å². The lowest BCUT2D eigenvalue weighted by Crippen LogP contribution is -2.43. The van der Waals surface area contributed by atoms with Crippen LogP contribution in [0.25, 0.3) is 0 Å². The van der Waals surface area contributed by atoms with Gasteiger partial charge in [-0.1, -0.05) is 11.6 Å². The molecule has 2 saturated heterocycles. The maximum Gasteiger partial charge on any atom is 0.301 e. The van der Waals surface area contributed by atoms with Crippen LogP contribution in [0.5, 0.6) is 11.5 Å². The van der Waals surface area contributed by atoms with E-state index in [0.717, 1.165) is 34.1 Å². The SMILES string of the molecule is COc1ccc(O)c(C2C3=CCC4C(=O)N(c5cc([N+](=O)[O-])c(N(C)C)c([N+](=O)[O-])c5)C(=O)C4C3CC3C(=O)N(c4cc([N+](=O)[O-])c(N(C)C)c([N+](=O)[O-])c4)C(=O)C32)c1. The van der Waals surface area contributed by atoms with Crippen molar-refractivity contribution >= 4 is 69.1 Å². The number of nitro groups is 4. The number of hydrogen-bond acceptors (Lipinski definition) is 16. The number of rotatable bonds is 10. The number of hydrogen-bond donors (Lipinski definition) is 1. The zero-order valence-electron chi connectivity index (χ0n) is 31.8. The normalized spacial score (nSPS) is 23.3. The number of allylic oxidation sites excluding steroid dienone is 2. The average Bonchev–Trinajstić information content (AvgIpc) is 3.59. The molecule has 1 saturated carbocycles. The summed E-state index contributed by atoms with van der Waals surface area (Å²) in [4.78, 5) is 107. The van der Waals surface area contributed by atoms with Crippen molar-refractivity contribution in [3.63, 3.8) is 0 Å². The largest absolute Gasteiger partial charge is 0.508 e. The predicted molar refractivity (Wildman–Crippen MR) is 205 cm³/mol. The summed E-state index contributed by atoms with van der Waals surface area (Å²) < 4.78 is 5.40. The molecule has 59 heavy (non-hydrogen) atoms. The van der Waals surface area contributed by atoms with E-state index in [-0.39, 0.29) is 41.3 Å². The van der Waals surface area contributed by atoms with E-state index >= 15 is 0 Å². The molecule has 3 fully saturated rings. The van der Waals surface area contributed by atoms with Gasteiger partial charge in [-0.3, -0.25) is 59.6 Å². The monoisotopic (exact) mass is 814 g/mol. The number of nitrogens with zero attached hydrogens (tertiary/aromatic N) is 8. The number of benzene rings is 3. The van der Waals surface area contributed by atoms with E-state index in [9.17, 15) is 64.7 Å². The summed E-state index contributed by atoms with van der Waals surface area (Å²) in [6.45, 7) is 0. The lowest BCUT2D eigenvalue weighted by Gasteiger charge is -2.44. The number of aromatic hydroxyl groups is 1. The molecule has 22 heteroatoms. The van der Waals surface area contributed by atoms with Crippen LogP contribution in [-0.2, 0) is 19.2 Å². The van der Waals surface area contributed by atoms with Gasteiger partial charge in [-0.15, -0.1) is 0 Å². The smallest absolute Gasteiger partial charge is 0.301 e. The average molecular weight is 815 g/mol. The first-order valence-corrected chi connectivity index (χ1v) is 17.9. The molecule has 22 nitrogen and oxygen atoms in total. The van der Waals surface area contributed by atoms with Crippen LogP contribution >= 0.6 is 0 Å². The first-order valence-electron chi connectivity index (χ1n) is 17.9. The minimum atomic E-state index is -1.32. The highest BCUT2D eigenvalue weighted by molar-refractivity contribution is 6.24. The van der Waals surface area contributed by atoms with E-state index in [0.29, 0.717) is 15.4 Å². The molecule has 0 bridgehead atoms. The van der Waals surface area contributed by atoms with E-state index in [1.807, 2.05) is 0 Å². The summed E-state index contributed by atoms with van der Waals surface area (Å²) in [5.74, 6) is -10.7. The molecule has 6 atom stereocenters. The zero-order chi connectivity index (χ0) is 43.1. The van der Waals surface area contributed by atoms with Crippen molar-refractivity contribution < 1.29 is 48.7 Å². The minimum Gasteiger partial charge on any atom is -0.508 e. The molecule has 306 valence electrons. The summed E-state index contributed by atoms with van der Waals surface area (Å²) in [5.41, 5.74) is -4.13. The second-order valence-electron chi connectivity index (χ2n) is 15.0. The number of ether oxygens (including phenoxy) is 1. The van der Waals surface area contributed by atoms with Crippen molar-refractivity contribution in [1.82, 2.24) is 0 Å². The van der Waals surface area contributed by atoms with Gasteiger partial charge in [0, 0.05) is 63.9 Å². The number of amides is 4. The number of carbonyl (C=O) groups excluding carboxylic acids is 4. The van der Waals surface area contributed by atoms with Crippen molar-refractivity contribution in [2.75, 3.05) is 54.9 Å². The third kappa shape index (κ3) is 6.01. The van der Waals surface area contributed by atoms with Crippen LogP contribution in [0.15, 0.2) is 54.1 Å². The van der Waals surface area contributed by atoms with E-state index in [1.54, 1.807) is 6.08 Å². The van der Waals surface area contributed by atoms with Crippen LogP contribution in [0.4, 0.5) is 45.5 Å². The molecule has 6 unspecified atom stereocenters. The highest BCUT2D eigenvalue weighted by Gasteiger charge is 2.63. The molecule has 4 aliphatic rings. The van der Waals surface area contributed by atoms with Gasteiger partial charge in [0.05, 0.1) is 61.8 Å². The maximum atomic E-state index is 14.7. The topological polar surface area (TPSA) is 283 Å². The van der Waals surface area contributed by atoms with Gasteiger partial charge in [-0.2, -0.15) is 0 Å². The summed E-state index contributed by atoms with van der Waals surface area (Å²) in [5, 5.41) is 60.0. The van der Waals surface area contributed by atoms with Crippen LogP contribution in [0.1, 0.15) is 24.3 Å². The number of methoxy groups -OCH3 is 1. The highest BCUT2D eigenvalue weighted by Crippen LogP contribution is 2.60. The predicted octanol–water partition coefficient (Wildman–Crippen LogP) is 4.21. The fourth-order valence-electron chi connectivity index (χ4n) is 9.27. The fraction of sp³-hybridized carbons (Fsp3) is 0.351.